The number of anilines is 1. The summed E-state index contributed by atoms with van der Waals surface area (Å²) < 4.78 is 34.3. The van der Waals surface area contributed by atoms with Crippen molar-refractivity contribution in [2.75, 3.05) is 18.5 Å². The molecular weight excluding hydrogens is 316 g/mol. The lowest BCUT2D eigenvalue weighted by atomic mass is 10.2. The Morgan fingerprint density at radius 3 is 2.68 bits per heavy atom. The lowest BCUT2D eigenvalue weighted by Crippen LogP contribution is -2.27. The first kappa shape index (κ1) is 16.7. The Hall–Kier alpha value is -1.67. The highest BCUT2D eigenvalue weighted by Gasteiger charge is 2.25. The quantitative estimate of drug-likeness (QED) is 0.641. The molecule has 1 fully saturated rings. The number of halogens is 2. The van der Waals surface area contributed by atoms with Gasteiger partial charge in [-0.3, -0.25) is 4.79 Å². The minimum absolute atomic E-state index is 0.401. The molecule has 2 rings (SSSR count). The van der Waals surface area contributed by atoms with E-state index in [1.807, 2.05) is 0 Å². The minimum Gasteiger partial charge on any atom is -0.454 e. The highest BCUT2D eigenvalue weighted by molar-refractivity contribution is 7.99. The fourth-order valence-electron chi connectivity index (χ4n) is 1.91. The maximum atomic E-state index is 12.2. The predicted molar refractivity (Wildman–Crippen MR) is 76.9 cm³/mol. The second-order valence-corrected chi connectivity index (χ2v) is 5.62. The zero-order valence-corrected chi connectivity index (χ0v) is 12.4. The molecule has 1 aromatic rings. The molecule has 1 aliphatic heterocycles. The maximum absolute atomic E-state index is 12.2. The van der Waals surface area contributed by atoms with Crippen LogP contribution in [0.15, 0.2) is 29.2 Å². The Morgan fingerprint density at radius 1 is 1.36 bits per heavy atom. The van der Waals surface area contributed by atoms with Gasteiger partial charge in [-0.1, -0.05) is 11.8 Å². The molecule has 1 saturated heterocycles. The molecule has 120 valence electrons. The molecule has 0 radical (unpaired) electrons. The average Bonchev–Trinajstić information content (AvgIpc) is 3.00. The van der Waals surface area contributed by atoms with Crippen molar-refractivity contribution in [2.45, 2.75) is 29.6 Å². The van der Waals surface area contributed by atoms with Crippen LogP contribution in [0.4, 0.5) is 14.5 Å². The number of amides is 1. The predicted octanol–water partition coefficient (Wildman–Crippen LogP) is 2.66. The normalized spacial score (nSPS) is 17.5. The number of nitrogens with one attached hydrogen (secondary N) is 1. The molecule has 0 spiro atoms. The SMILES string of the molecule is O=C(COC(=O)[C@@H]1CCCO1)Nc1ccc(SC(F)F)cc1. The summed E-state index contributed by atoms with van der Waals surface area (Å²) in [5.74, 6) is -3.53. The van der Waals surface area contributed by atoms with E-state index in [9.17, 15) is 18.4 Å². The van der Waals surface area contributed by atoms with Crippen LogP contribution in [0.25, 0.3) is 0 Å². The van der Waals surface area contributed by atoms with Gasteiger partial charge in [-0.25, -0.2) is 4.79 Å². The van der Waals surface area contributed by atoms with Crippen molar-refractivity contribution < 1.29 is 27.8 Å². The summed E-state index contributed by atoms with van der Waals surface area (Å²) in [4.78, 5) is 23.6. The number of benzene rings is 1. The van der Waals surface area contributed by atoms with Crippen LogP contribution >= 0.6 is 11.8 Å². The van der Waals surface area contributed by atoms with Crippen LogP contribution in [-0.4, -0.2) is 37.0 Å². The molecule has 0 saturated carbocycles. The number of thioether (sulfide) groups is 1. The first-order valence-electron chi connectivity index (χ1n) is 6.67. The fourth-order valence-corrected chi connectivity index (χ4v) is 2.41. The van der Waals surface area contributed by atoms with E-state index in [2.05, 4.69) is 5.32 Å². The zero-order valence-electron chi connectivity index (χ0n) is 11.6. The van der Waals surface area contributed by atoms with Crippen molar-refractivity contribution >= 4 is 29.3 Å². The Morgan fingerprint density at radius 2 is 2.09 bits per heavy atom. The van der Waals surface area contributed by atoms with E-state index in [1.54, 1.807) is 0 Å². The Labute approximate surface area is 130 Å². The molecule has 0 aromatic heterocycles. The van der Waals surface area contributed by atoms with Gasteiger partial charge >= 0.3 is 5.97 Å². The third kappa shape index (κ3) is 5.27. The first-order valence-corrected chi connectivity index (χ1v) is 7.55. The monoisotopic (exact) mass is 331 g/mol. The third-order valence-corrected chi connectivity index (χ3v) is 3.62. The minimum atomic E-state index is -2.49. The molecule has 22 heavy (non-hydrogen) atoms. The van der Waals surface area contributed by atoms with Crippen LogP contribution in [0.5, 0.6) is 0 Å². The second-order valence-electron chi connectivity index (χ2n) is 4.56. The van der Waals surface area contributed by atoms with Crippen molar-refractivity contribution in [3.63, 3.8) is 0 Å². The maximum Gasteiger partial charge on any atom is 0.335 e. The molecule has 5 nitrogen and oxygen atoms in total. The molecule has 0 bridgehead atoms. The number of carbonyl (C=O) groups excluding carboxylic acids is 2. The van der Waals surface area contributed by atoms with Crippen LogP contribution in [0.2, 0.25) is 0 Å². The summed E-state index contributed by atoms with van der Waals surface area (Å²) in [6, 6.07) is 5.96. The summed E-state index contributed by atoms with van der Waals surface area (Å²) in [6.07, 6.45) is 0.817. The summed E-state index contributed by atoms with van der Waals surface area (Å²) >= 11 is 0.425. The number of ether oxygens (including phenoxy) is 2. The molecule has 0 aliphatic carbocycles. The van der Waals surface area contributed by atoms with E-state index in [1.165, 1.54) is 24.3 Å². The van der Waals surface area contributed by atoms with Crippen molar-refractivity contribution in [1.82, 2.24) is 0 Å². The third-order valence-electron chi connectivity index (χ3n) is 2.90. The van der Waals surface area contributed by atoms with Gasteiger partial charge in [0.1, 0.15) is 0 Å². The van der Waals surface area contributed by atoms with Gasteiger partial charge < -0.3 is 14.8 Å². The largest absolute Gasteiger partial charge is 0.454 e. The topological polar surface area (TPSA) is 64.6 Å². The van der Waals surface area contributed by atoms with Gasteiger partial charge in [-0.2, -0.15) is 8.78 Å². The number of alkyl halides is 2. The number of hydrogen-bond donors (Lipinski definition) is 1. The standard InChI is InChI=1S/C14H15F2NO4S/c15-14(16)22-10-5-3-9(4-6-10)17-12(18)8-21-13(19)11-2-1-7-20-11/h3-6,11,14H,1-2,7-8H2,(H,17,18)/t11-/m0/s1. The lowest BCUT2D eigenvalue weighted by molar-refractivity contribution is -0.156. The van der Waals surface area contributed by atoms with Crippen LogP contribution in [0.1, 0.15) is 12.8 Å². The second kappa shape index (κ2) is 8.09. The van der Waals surface area contributed by atoms with E-state index in [0.717, 1.165) is 6.42 Å². The highest BCUT2D eigenvalue weighted by atomic mass is 32.2. The van der Waals surface area contributed by atoms with E-state index in [-0.39, 0.29) is 0 Å². The van der Waals surface area contributed by atoms with Gasteiger partial charge in [0.15, 0.2) is 12.7 Å². The number of rotatable bonds is 6. The van der Waals surface area contributed by atoms with Gasteiger partial charge in [0.2, 0.25) is 0 Å². The van der Waals surface area contributed by atoms with Gasteiger partial charge in [-0.15, -0.1) is 0 Å². The Bertz CT molecular complexity index is 518. The molecule has 1 aliphatic rings. The van der Waals surface area contributed by atoms with Gasteiger partial charge in [-0.05, 0) is 37.1 Å². The zero-order chi connectivity index (χ0) is 15.9. The molecule has 1 aromatic carbocycles. The molecule has 1 heterocycles. The van der Waals surface area contributed by atoms with E-state index in [4.69, 9.17) is 9.47 Å². The molecule has 0 unspecified atom stereocenters. The summed E-state index contributed by atoms with van der Waals surface area (Å²) in [7, 11) is 0. The molecular formula is C14H15F2NO4S. The van der Waals surface area contributed by atoms with Crippen molar-refractivity contribution in [2.24, 2.45) is 0 Å². The number of hydrogen-bond acceptors (Lipinski definition) is 5. The summed E-state index contributed by atoms with van der Waals surface area (Å²) in [5.41, 5.74) is 0.441. The number of carbonyl (C=O) groups is 2. The van der Waals surface area contributed by atoms with Gasteiger partial charge in [0.05, 0.1) is 0 Å². The summed E-state index contributed by atoms with van der Waals surface area (Å²) in [5, 5.41) is 2.51. The Balaban J connectivity index is 1.75. The smallest absolute Gasteiger partial charge is 0.335 e. The van der Waals surface area contributed by atoms with Crippen molar-refractivity contribution in [3.05, 3.63) is 24.3 Å². The summed E-state index contributed by atoms with van der Waals surface area (Å²) in [6.45, 7) is 0.112. The fraction of sp³-hybridized carbons (Fsp3) is 0.429. The van der Waals surface area contributed by atoms with Crippen LogP contribution in [0, 0.1) is 0 Å². The van der Waals surface area contributed by atoms with E-state index >= 15 is 0 Å². The molecule has 1 N–H and O–H groups in total. The van der Waals surface area contributed by atoms with Gasteiger partial charge in [0, 0.05) is 17.2 Å². The van der Waals surface area contributed by atoms with Crippen molar-refractivity contribution in [3.8, 4) is 0 Å². The molecule has 1 atom stereocenters. The van der Waals surface area contributed by atoms with Crippen LogP contribution < -0.4 is 5.32 Å². The van der Waals surface area contributed by atoms with Crippen LogP contribution in [-0.2, 0) is 19.1 Å². The van der Waals surface area contributed by atoms with E-state index < -0.39 is 30.3 Å². The molecule has 8 heteroatoms. The van der Waals surface area contributed by atoms with Gasteiger partial charge in [0.25, 0.3) is 11.7 Å². The average molecular weight is 331 g/mol. The first-order chi connectivity index (χ1) is 10.5. The molecule has 1 amide bonds. The van der Waals surface area contributed by atoms with Crippen LogP contribution in [0.3, 0.4) is 0 Å². The van der Waals surface area contributed by atoms with Crippen molar-refractivity contribution in [1.29, 1.82) is 0 Å². The lowest BCUT2D eigenvalue weighted by Gasteiger charge is -2.10. The Kier molecular flexibility index (Phi) is 6.14. The highest BCUT2D eigenvalue weighted by Crippen LogP contribution is 2.26. The van der Waals surface area contributed by atoms with E-state index in [0.29, 0.717) is 35.4 Å². The number of esters is 1.